The highest BCUT2D eigenvalue weighted by molar-refractivity contribution is 5.92. The number of rotatable bonds is 9. The second-order valence-corrected chi connectivity index (χ2v) is 5.94. The summed E-state index contributed by atoms with van der Waals surface area (Å²) in [5.41, 5.74) is 0.859. The highest BCUT2D eigenvalue weighted by atomic mass is 19.3. The van der Waals surface area contributed by atoms with Crippen LogP contribution in [0.1, 0.15) is 12.5 Å². The van der Waals surface area contributed by atoms with E-state index in [-0.39, 0.29) is 30.3 Å². The van der Waals surface area contributed by atoms with Crippen LogP contribution in [0.15, 0.2) is 36.4 Å². The number of carbonyl (C=O) groups is 1. The van der Waals surface area contributed by atoms with Crippen LogP contribution in [-0.4, -0.2) is 37.6 Å². The fourth-order valence-corrected chi connectivity index (χ4v) is 2.50. The lowest BCUT2D eigenvalue weighted by atomic mass is 10.2. The summed E-state index contributed by atoms with van der Waals surface area (Å²) in [6.45, 7) is -0.686. The molecule has 0 spiro atoms. The minimum Gasteiger partial charge on any atom is -0.490 e. The van der Waals surface area contributed by atoms with E-state index in [1.807, 2.05) is 0 Å². The van der Waals surface area contributed by atoms with E-state index in [1.165, 1.54) is 12.1 Å². The molecule has 0 radical (unpaired) electrons. The van der Waals surface area contributed by atoms with Crippen LogP contribution in [0.2, 0.25) is 0 Å². The van der Waals surface area contributed by atoms with Crippen molar-refractivity contribution < 1.29 is 31.8 Å². The molecule has 0 heterocycles. The topological polar surface area (TPSA) is 50.8 Å². The third-order valence-corrected chi connectivity index (χ3v) is 3.59. The summed E-state index contributed by atoms with van der Waals surface area (Å²) in [6.07, 6.45) is 0. The molecule has 9 heteroatoms. The van der Waals surface area contributed by atoms with Gasteiger partial charge in [-0.15, -0.1) is 0 Å². The largest absolute Gasteiger partial charge is 0.490 e. The molecule has 152 valence electrons. The van der Waals surface area contributed by atoms with Crippen LogP contribution in [0.3, 0.4) is 0 Å². The molecule has 1 amide bonds. The van der Waals surface area contributed by atoms with E-state index in [0.29, 0.717) is 12.1 Å². The number of alkyl halides is 2. The number of hydrogen-bond donors (Lipinski definition) is 1. The molecule has 0 aliphatic heterocycles. The Balaban J connectivity index is 1.97. The van der Waals surface area contributed by atoms with Gasteiger partial charge in [0.15, 0.2) is 23.1 Å². The monoisotopic (exact) mass is 400 g/mol. The normalized spacial score (nSPS) is 11.0. The minimum atomic E-state index is -2.97. The smallest absolute Gasteiger partial charge is 0.387 e. The van der Waals surface area contributed by atoms with Crippen molar-refractivity contribution in [3.05, 3.63) is 53.6 Å². The highest BCUT2D eigenvalue weighted by Gasteiger charge is 2.14. The van der Waals surface area contributed by atoms with Crippen molar-refractivity contribution in [1.29, 1.82) is 0 Å². The van der Waals surface area contributed by atoms with Gasteiger partial charge in [0.1, 0.15) is 0 Å². The van der Waals surface area contributed by atoms with Gasteiger partial charge in [-0.05, 0) is 43.8 Å². The van der Waals surface area contributed by atoms with Crippen molar-refractivity contribution in [2.24, 2.45) is 0 Å². The van der Waals surface area contributed by atoms with Crippen LogP contribution in [0.5, 0.6) is 11.5 Å². The number of hydrogen-bond acceptors (Lipinski definition) is 4. The third kappa shape index (κ3) is 6.41. The molecule has 2 aromatic carbocycles. The van der Waals surface area contributed by atoms with Crippen molar-refractivity contribution >= 4 is 11.6 Å². The van der Waals surface area contributed by atoms with Gasteiger partial charge < -0.3 is 14.8 Å². The van der Waals surface area contributed by atoms with Gasteiger partial charge in [0.05, 0.1) is 13.2 Å². The lowest BCUT2D eigenvalue weighted by Crippen LogP contribution is -2.29. The average Bonchev–Trinajstić information content (AvgIpc) is 2.60. The van der Waals surface area contributed by atoms with Gasteiger partial charge in [-0.3, -0.25) is 9.69 Å². The number of anilines is 1. The standard InChI is InChI=1S/C19H20F4N2O3/c1-3-27-17-8-12(4-7-16(17)28-19(22)23)10-25(2)11-18(26)24-13-5-6-14(20)15(21)9-13/h4-9,19H,3,10-11H2,1-2H3,(H,24,26). The molecule has 0 fully saturated rings. The summed E-state index contributed by atoms with van der Waals surface area (Å²) in [5.74, 6) is -2.37. The van der Waals surface area contributed by atoms with Crippen molar-refractivity contribution in [2.45, 2.75) is 20.1 Å². The zero-order valence-electron chi connectivity index (χ0n) is 15.3. The summed E-state index contributed by atoms with van der Waals surface area (Å²) in [4.78, 5) is 13.7. The Hall–Kier alpha value is -2.81. The molecule has 2 rings (SSSR count). The zero-order chi connectivity index (χ0) is 20.7. The van der Waals surface area contributed by atoms with Gasteiger partial charge >= 0.3 is 6.61 Å². The number of carbonyl (C=O) groups excluding carboxylic acids is 1. The summed E-state index contributed by atoms with van der Waals surface area (Å²) >= 11 is 0. The molecule has 5 nitrogen and oxygen atoms in total. The van der Waals surface area contributed by atoms with Crippen molar-refractivity contribution in [1.82, 2.24) is 4.90 Å². The first-order valence-electron chi connectivity index (χ1n) is 8.42. The van der Waals surface area contributed by atoms with Crippen LogP contribution in [0, 0.1) is 11.6 Å². The molecule has 1 N–H and O–H groups in total. The van der Waals surface area contributed by atoms with Gasteiger partial charge in [0, 0.05) is 18.3 Å². The van der Waals surface area contributed by atoms with Crippen molar-refractivity contribution in [2.75, 3.05) is 25.5 Å². The molecule has 0 atom stereocenters. The van der Waals surface area contributed by atoms with Crippen LogP contribution >= 0.6 is 0 Å². The predicted molar refractivity (Wildman–Crippen MR) is 95.6 cm³/mol. The van der Waals surface area contributed by atoms with Crippen molar-refractivity contribution in [3.8, 4) is 11.5 Å². The third-order valence-electron chi connectivity index (χ3n) is 3.59. The number of ether oxygens (including phenoxy) is 2. The fourth-order valence-electron chi connectivity index (χ4n) is 2.50. The van der Waals surface area contributed by atoms with Crippen LogP contribution in [-0.2, 0) is 11.3 Å². The number of nitrogens with one attached hydrogen (secondary N) is 1. The fraction of sp³-hybridized carbons (Fsp3) is 0.316. The predicted octanol–water partition coefficient (Wildman–Crippen LogP) is 4.04. The molecule has 0 aromatic heterocycles. The first-order chi connectivity index (χ1) is 13.3. The summed E-state index contributed by atoms with van der Waals surface area (Å²) in [6, 6.07) is 7.60. The highest BCUT2D eigenvalue weighted by Crippen LogP contribution is 2.30. The number of likely N-dealkylation sites (N-methyl/N-ethyl adjacent to an activating group) is 1. The molecule has 2 aromatic rings. The van der Waals surface area contributed by atoms with Gasteiger partial charge in [0.2, 0.25) is 5.91 Å². The number of nitrogens with zero attached hydrogens (tertiary/aromatic N) is 1. The molecule has 0 aliphatic carbocycles. The second kappa shape index (κ2) is 9.93. The van der Waals surface area contributed by atoms with E-state index < -0.39 is 24.2 Å². The second-order valence-electron chi connectivity index (χ2n) is 5.94. The molecule has 0 unspecified atom stereocenters. The Morgan fingerprint density at radius 1 is 1.11 bits per heavy atom. The first kappa shape index (κ1) is 21.5. The molecule has 0 bridgehead atoms. The Morgan fingerprint density at radius 3 is 2.50 bits per heavy atom. The van der Waals surface area contributed by atoms with Gasteiger partial charge in [-0.2, -0.15) is 8.78 Å². The Bertz CT molecular complexity index is 818. The molecule has 0 aliphatic rings. The maximum absolute atomic E-state index is 13.2. The SMILES string of the molecule is CCOc1cc(CN(C)CC(=O)Nc2ccc(F)c(F)c2)ccc1OC(F)F. The van der Waals surface area contributed by atoms with Crippen molar-refractivity contribution in [3.63, 3.8) is 0 Å². The van der Waals surface area contributed by atoms with E-state index >= 15 is 0 Å². The van der Waals surface area contributed by atoms with E-state index in [2.05, 4.69) is 10.1 Å². The molecule has 0 saturated heterocycles. The van der Waals surface area contributed by atoms with E-state index in [1.54, 1.807) is 31.0 Å². The summed E-state index contributed by atoms with van der Waals surface area (Å²) in [5, 5.41) is 2.47. The molecular weight excluding hydrogens is 380 g/mol. The van der Waals surface area contributed by atoms with Gasteiger partial charge in [-0.1, -0.05) is 6.07 Å². The maximum atomic E-state index is 13.2. The summed E-state index contributed by atoms with van der Waals surface area (Å²) < 4.78 is 60.7. The number of halogens is 4. The van der Waals surface area contributed by atoms with Crippen LogP contribution in [0.25, 0.3) is 0 Å². The molecular formula is C19H20F4N2O3. The quantitative estimate of drug-likeness (QED) is 0.646. The maximum Gasteiger partial charge on any atom is 0.387 e. The number of benzene rings is 2. The lowest BCUT2D eigenvalue weighted by Gasteiger charge is -2.18. The van der Waals surface area contributed by atoms with E-state index in [4.69, 9.17) is 4.74 Å². The average molecular weight is 400 g/mol. The van der Waals surface area contributed by atoms with Gasteiger partial charge in [0.25, 0.3) is 0 Å². The molecule has 28 heavy (non-hydrogen) atoms. The Labute approximate surface area is 159 Å². The Kier molecular flexibility index (Phi) is 7.62. The van der Waals surface area contributed by atoms with Gasteiger partial charge in [-0.25, -0.2) is 8.78 Å². The van der Waals surface area contributed by atoms with Crippen LogP contribution < -0.4 is 14.8 Å². The first-order valence-corrected chi connectivity index (χ1v) is 8.42. The van der Waals surface area contributed by atoms with E-state index in [9.17, 15) is 22.4 Å². The summed E-state index contributed by atoms with van der Waals surface area (Å²) in [7, 11) is 1.68. The van der Waals surface area contributed by atoms with E-state index in [0.717, 1.165) is 12.1 Å². The number of amides is 1. The molecule has 0 saturated carbocycles. The Morgan fingerprint density at radius 2 is 1.86 bits per heavy atom. The minimum absolute atomic E-state index is 0.0295. The lowest BCUT2D eigenvalue weighted by molar-refractivity contribution is -0.117. The zero-order valence-corrected chi connectivity index (χ0v) is 15.3. The van der Waals surface area contributed by atoms with Crippen LogP contribution in [0.4, 0.5) is 23.2 Å².